The van der Waals surface area contributed by atoms with Crippen molar-refractivity contribution in [2.45, 2.75) is 45.1 Å². The Kier molecular flexibility index (Phi) is 5.52. The lowest BCUT2D eigenvalue weighted by molar-refractivity contribution is 0.0606. The van der Waals surface area contributed by atoms with E-state index in [9.17, 15) is 9.90 Å². The molecule has 0 radical (unpaired) electrons. The molecule has 2 unspecified atom stereocenters. The number of aliphatic hydroxyl groups is 1. The predicted molar refractivity (Wildman–Crippen MR) is 97.7 cm³/mol. The number of nitrogens with zero attached hydrogens (tertiary/aromatic N) is 1. The van der Waals surface area contributed by atoms with Crippen molar-refractivity contribution in [3.8, 4) is 5.75 Å². The molecule has 2 aliphatic rings. The van der Waals surface area contributed by atoms with Gasteiger partial charge < -0.3 is 20.1 Å². The molecule has 138 valence electrons. The summed E-state index contributed by atoms with van der Waals surface area (Å²) in [4.78, 5) is 14.6. The van der Waals surface area contributed by atoms with Crippen LogP contribution >= 0.6 is 0 Å². The number of methoxy groups -OCH3 is 1. The molecule has 5 heteroatoms. The molecule has 2 amide bonds. The maximum Gasteiger partial charge on any atom is 0.317 e. The Morgan fingerprint density at radius 2 is 2.28 bits per heavy atom. The zero-order chi connectivity index (χ0) is 17.9. The van der Waals surface area contributed by atoms with Crippen LogP contribution in [-0.2, 0) is 6.42 Å². The number of aliphatic hydroxyl groups excluding tert-OH is 1. The van der Waals surface area contributed by atoms with E-state index in [1.54, 1.807) is 7.11 Å². The number of amides is 2. The Bertz CT molecular complexity index is 602. The highest BCUT2D eigenvalue weighted by molar-refractivity contribution is 5.74. The minimum Gasteiger partial charge on any atom is -0.497 e. The Morgan fingerprint density at radius 3 is 2.96 bits per heavy atom. The molecule has 0 bridgehead atoms. The number of carbonyl (C=O) groups is 1. The van der Waals surface area contributed by atoms with E-state index in [0.717, 1.165) is 31.6 Å². The van der Waals surface area contributed by atoms with Crippen LogP contribution < -0.4 is 10.1 Å². The summed E-state index contributed by atoms with van der Waals surface area (Å²) in [7, 11) is 1.67. The van der Waals surface area contributed by atoms with E-state index in [-0.39, 0.29) is 24.1 Å². The van der Waals surface area contributed by atoms with Gasteiger partial charge in [-0.05, 0) is 55.7 Å². The average Bonchev–Trinajstić information content (AvgIpc) is 3.46. The van der Waals surface area contributed by atoms with Crippen molar-refractivity contribution < 1.29 is 14.6 Å². The van der Waals surface area contributed by atoms with Crippen molar-refractivity contribution in [3.63, 3.8) is 0 Å². The van der Waals surface area contributed by atoms with Crippen molar-refractivity contribution in [2.75, 3.05) is 26.8 Å². The molecule has 3 rings (SSSR count). The number of piperidine rings is 1. The van der Waals surface area contributed by atoms with Gasteiger partial charge in [-0.25, -0.2) is 4.79 Å². The van der Waals surface area contributed by atoms with E-state index in [1.165, 1.54) is 18.4 Å². The van der Waals surface area contributed by atoms with Gasteiger partial charge in [0, 0.05) is 24.5 Å². The monoisotopic (exact) mass is 346 g/mol. The van der Waals surface area contributed by atoms with E-state index in [2.05, 4.69) is 18.3 Å². The van der Waals surface area contributed by atoms with Crippen LogP contribution in [0.4, 0.5) is 4.79 Å². The average molecular weight is 346 g/mol. The molecule has 1 aliphatic heterocycles. The number of urea groups is 1. The third-order valence-corrected chi connectivity index (χ3v) is 5.54. The Morgan fingerprint density at radius 1 is 1.48 bits per heavy atom. The van der Waals surface area contributed by atoms with Crippen LogP contribution in [0, 0.1) is 11.3 Å². The quantitative estimate of drug-likeness (QED) is 0.833. The number of carbonyl (C=O) groups excluding carboxylic acids is 1. The molecule has 1 aromatic carbocycles. The summed E-state index contributed by atoms with van der Waals surface area (Å²) in [5.41, 5.74) is 1.02. The zero-order valence-electron chi connectivity index (χ0n) is 15.3. The van der Waals surface area contributed by atoms with Crippen LogP contribution in [0.1, 0.15) is 38.2 Å². The van der Waals surface area contributed by atoms with Gasteiger partial charge in [0.1, 0.15) is 5.75 Å². The molecular formula is C20H30N2O3. The molecule has 1 aromatic rings. The van der Waals surface area contributed by atoms with Crippen LogP contribution in [-0.4, -0.2) is 48.9 Å². The predicted octanol–water partition coefficient (Wildman–Crippen LogP) is 2.82. The van der Waals surface area contributed by atoms with Crippen molar-refractivity contribution in [2.24, 2.45) is 11.3 Å². The number of likely N-dealkylation sites (tertiary alicyclic amines) is 1. The summed E-state index contributed by atoms with van der Waals surface area (Å²) in [6.45, 7) is 3.59. The fraction of sp³-hybridized carbons (Fsp3) is 0.650. The number of benzene rings is 1. The minimum absolute atomic E-state index is 0.0131. The molecule has 25 heavy (non-hydrogen) atoms. The normalized spacial score (nSPS) is 24.7. The first-order valence-electron chi connectivity index (χ1n) is 9.32. The van der Waals surface area contributed by atoms with Gasteiger partial charge in [-0.2, -0.15) is 0 Å². The van der Waals surface area contributed by atoms with Crippen LogP contribution in [0.15, 0.2) is 24.3 Å². The molecule has 1 saturated heterocycles. The Hall–Kier alpha value is -1.75. The maximum absolute atomic E-state index is 12.8. The molecule has 0 spiro atoms. The van der Waals surface area contributed by atoms with Crippen molar-refractivity contribution >= 4 is 6.03 Å². The first-order valence-corrected chi connectivity index (χ1v) is 9.32. The molecule has 0 aromatic heterocycles. The highest BCUT2D eigenvalue weighted by atomic mass is 16.5. The smallest absolute Gasteiger partial charge is 0.317 e. The summed E-state index contributed by atoms with van der Waals surface area (Å²) in [6.07, 6.45) is 5.13. The van der Waals surface area contributed by atoms with Crippen LogP contribution in [0.5, 0.6) is 5.75 Å². The number of nitrogens with one attached hydrogen (secondary N) is 1. The minimum atomic E-state index is -0.169. The van der Waals surface area contributed by atoms with Gasteiger partial charge in [0.15, 0.2) is 0 Å². The molecule has 1 aliphatic carbocycles. The highest BCUT2D eigenvalue weighted by Gasteiger charge is 2.36. The first kappa shape index (κ1) is 18.1. The standard InChI is InChI=1S/C20H30N2O3/c1-20(14-23)9-4-10-22(13-20)19(24)21-18(16-7-8-16)12-15-5-3-6-17(11-15)25-2/h3,5-6,11,16,18,23H,4,7-10,12-14H2,1-2H3,(H,21,24). The Balaban J connectivity index is 1.62. The van der Waals surface area contributed by atoms with Crippen molar-refractivity contribution in [1.82, 2.24) is 10.2 Å². The lowest BCUT2D eigenvalue weighted by Gasteiger charge is -2.39. The zero-order valence-corrected chi connectivity index (χ0v) is 15.3. The van der Waals surface area contributed by atoms with E-state index in [4.69, 9.17) is 4.74 Å². The van der Waals surface area contributed by atoms with Gasteiger partial charge in [-0.15, -0.1) is 0 Å². The van der Waals surface area contributed by atoms with E-state index in [0.29, 0.717) is 12.5 Å². The second-order valence-corrected chi connectivity index (χ2v) is 7.94. The third kappa shape index (κ3) is 4.66. The van der Waals surface area contributed by atoms with Crippen LogP contribution in [0.3, 0.4) is 0 Å². The molecule has 5 nitrogen and oxygen atoms in total. The van der Waals surface area contributed by atoms with Gasteiger partial charge in [-0.3, -0.25) is 0 Å². The van der Waals surface area contributed by atoms with E-state index >= 15 is 0 Å². The fourth-order valence-corrected chi connectivity index (χ4v) is 3.76. The van der Waals surface area contributed by atoms with Gasteiger partial charge in [0.25, 0.3) is 0 Å². The largest absolute Gasteiger partial charge is 0.497 e. The first-order chi connectivity index (χ1) is 12.0. The number of hydrogen-bond donors (Lipinski definition) is 2. The Labute approximate surface area is 150 Å². The number of rotatable bonds is 6. The van der Waals surface area contributed by atoms with Gasteiger partial charge in [0.2, 0.25) is 0 Å². The lowest BCUT2D eigenvalue weighted by Crippen LogP contribution is -2.52. The second kappa shape index (κ2) is 7.65. The fourth-order valence-electron chi connectivity index (χ4n) is 3.76. The van der Waals surface area contributed by atoms with E-state index < -0.39 is 0 Å². The third-order valence-electron chi connectivity index (χ3n) is 5.54. The molecule has 1 saturated carbocycles. The highest BCUT2D eigenvalue weighted by Crippen LogP contribution is 2.35. The molecule has 2 fully saturated rings. The summed E-state index contributed by atoms with van der Waals surface area (Å²) < 4.78 is 5.30. The topological polar surface area (TPSA) is 61.8 Å². The summed E-state index contributed by atoms with van der Waals surface area (Å²) in [5.74, 6) is 1.43. The second-order valence-electron chi connectivity index (χ2n) is 7.94. The van der Waals surface area contributed by atoms with Gasteiger partial charge in [0.05, 0.1) is 13.7 Å². The number of ether oxygens (including phenoxy) is 1. The van der Waals surface area contributed by atoms with E-state index in [1.807, 2.05) is 23.1 Å². The maximum atomic E-state index is 12.8. The van der Waals surface area contributed by atoms with Crippen molar-refractivity contribution in [1.29, 1.82) is 0 Å². The molecule has 2 N–H and O–H groups in total. The lowest BCUT2D eigenvalue weighted by atomic mass is 9.83. The molecule has 1 heterocycles. The summed E-state index contributed by atoms with van der Waals surface area (Å²) >= 11 is 0. The number of hydrogen-bond acceptors (Lipinski definition) is 3. The summed E-state index contributed by atoms with van der Waals surface area (Å²) in [6, 6.07) is 8.26. The summed E-state index contributed by atoms with van der Waals surface area (Å²) in [5, 5.41) is 12.9. The van der Waals surface area contributed by atoms with Gasteiger partial charge >= 0.3 is 6.03 Å². The van der Waals surface area contributed by atoms with Crippen LogP contribution in [0.2, 0.25) is 0 Å². The molecule has 2 atom stereocenters. The molecular weight excluding hydrogens is 316 g/mol. The SMILES string of the molecule is COc1cccc(CC(NC(=O)N2CCCC(C)(CO)C2)C2CC2)c1. The van der Waals surface area contributed by atoms with Gasteiger partial charge in [-0.1, -0.05) is 19.1 Å². The van der Waals surface area contributed by atoms with Crippen molar-refractivity contribution in [3.05, 3.63) is 29.8 Å². The van der Waals surface area contributed by atoms with Crippen LogP contribution in [0.25, 0.3) is 0 Å².